The Hall–Kier alpha value is -3.14. The molecule has 9 nitrogen and oxygen atoms in total. The van der Waals surface area contributed by atoms with Crippen LogP contribution in [0.4, 0.5) is 15.6 Å². The molecule has 0 bridgehead atoms. The lowest BCUT2D eigenvalue weighted by Crippen LogP contribution is -2.30. The molecule has 3 amide bonds. The predicted molar refractivity (Wildman–Crippen MR) is 111 cm³/mol. The molecular formula is C19H24N4O5S. The number of urea groups is 1. The van der Waals surface area contributed by atoms with Gasteiger partial charge in [0.1, 0.15) is 12.3 Å². The third-order valence-electron chi connectivity index (χ3n) is 3.51. The van der Waals surface area contributed by atoms with Crippen LogP contribution < -0.4 is 20.7 Å². The minimum absolute atomic E-state index is 0.0712. The Bertz CT molecular complexity index is 881. The highest BCUT2D eigenvalue weighted by molar-refractivity contribution is 7.14. The number of nitrogens with zero attached hydrogens (tertiary/aromatic N) is 1. The Kier molecular flexibility index (Phi) is 7.96. The molecule has 2 rings (SSSR count). The second-order valence-corrected chi connectivity index (χ2v) is 7.63. The smallest absolute Gasteiger partial charge is 0.325 e. The second kappa shape index (κ2) is 10.4. The van der Waals surface area contributed by atoms with Crippen LogP contribution >= 0.6 is 11.3 Å². The summed E-state index contributed by atoms with van der Waals surface area (Å²) < 4.78 is 5.78. The topological polar surface area (TPSA) is 130 Å². The summed E-state index contributed by atoms with van der Waals surface area (Å²) in [5, 5.41) is 18.1. The number of amides is 3. The number of carboxylic acid groups (broad SMARTS) is 1. The molecule has 0 unspecified atom stereocenters. The number of ether oxygens (including phenoxy) is 1. The summed E-state index contributed by atoms with van der Waals surface area (Å²) in [5.74, 6) is -0.647. The van der Waals surface area contributed by atoms with Crippen LogP contribution in [-0.2, 0) is 16.0 Å². The Balaban J connectivity index is 1.94. The number of hydrogen-bond donors (Lipinski definition) is 4. The van der Waals surface area contributed by atoms with Gasteiger partial charge in [0.05, 0.1) is 24.4 Å². The summed E-state index contributed by atoms with van der Waals surface area (Å²) in [5.41, 5.74) is 1.99. The molecule has 1 heterocycles. The van der Waals surface area contributed by atoms with Crippen molar-refractivity contribution in [2.75, 3.05) is 23.8 Å². The SMILES string of the molecule is Cc1ccc(NC(=O)Nc2nc(CC(=O)NCC(=O)O)cs2)c(OCC(C)C)c1. The summed E-state index contributed by atoms with van der Waals surface area (Å²) in [6.45, 7) is 6.10. The number of carboxylic acids is 1. The van der Waals surface area contributed by atoms with E-state index >= 15 is 0 Å². The molecule has 0 aliphatic rings. The van der Waals surface area contributed by atoms with Gasteiger partial charge in [-0.25, -0.2) is 9.78 Å². The van der Waals surface area contributed by atoms with Gasteiger partial charge in [0, 0.05) is 5.38 Å². The van der Waals surface area contributed by atoms with Crippen molar-refractivity contribution >= 4 is 40.1 Å². The van der Waals surface area contributed by atoms with Crippen molar-refractivity contribution in [1.29, 1.82) is 0 Å². The standard InChI is InChI=1S/C19H24N4O5S/c1-11(2)9-28-15-6-12(3)4-5-14(15)22-18(27)23-19-21-13(10-29-19)7-16(24)20-8-17(25)26/h4-6,10-11H,7-9H2,1-3H3,(H,20,24)(H,25,26)(H2,21,22,23,27). The van der Waals surface area contributed by atoms with E-state index in [9.17, 15) is 14.4 Å². The first-order valence-corrected chi connectivity index (χ1v) is 9.85. The van der Waals surface area contributed by atoms with Crippen molar-refractivity contribution in [2.45, 2.75) is 27.2 Å². The highest BCUT2D eigenvalue weighted by Gasteiger charge is 2.13. The van der Waals surface area contributed by atoms with Crippen LogP contribution in [0.25, 0.3) is 0 Å². The minimum atomic E-state index is -1.12. The number of thiazole rings is 1. The van der Waals surface area contributed by atoms with Crippen LogP contribution in [-0.4, -0.2) is 41.1 Å². The van der Waals surface area contributed by atoms with Crippen molar-refractivity contribution in [3.63, 3.8) is 0 Å². The van der Waals surface area contributed by atoms with Crippen molar-refractivity contribution in [3.8, 4) is 5.75 Å². The van der Waals surface area contributed by atoms with Gasteiger partial charge < -0.3 is 20.5 Å². The van der Waals surface area contributed by atoms with Gasteiger partial charge in [0.15, 0.2) is 5.13 Å². The summed E-state index contributed by atoms with van der Waals surface area (Å²) >= 11 is 1.17. The third kappa shape index (κ3) is 7.78. The summed E-state index contributed by atoms with van der Waals surface area (Å²) in [7, 11) is 0. The zero-order valence-corrected chi connectivity index (χ0v) is 17.3. The summed E-state index contributed by atoms with van der Waals surface area (Å²) in [6.07, 6.45) is -0.0712. The molecular weight excluding hydrogens is 396 g/mol. The maximum Gasteiger partial charge on any atom is 0.325 e. The maximum absolute atomic E-state index is 12.3. The van der Waals surface area contributed by atoms with E-state index in [1.807, 2.05) is 32.9 Å². The zero-order chi connectivity index (χ0) is 21.4. The van der Waals surface area contributed by atoms with E-state index in [0.29, 0.717) is 34.8 Å². The Morgan fingerprint density at radius 2 is 2.00 bits per heavy atom. The highest BCUT2D eigenvalue weighted by atomic mass is 32.1. The molecule has 0 saturated carbocycles. The fraction of sp³-hybridized carbons (Fsp3) is 0.368. The molecule has 0 saturated heterocycles. The van der Waals surface area contributed by atoms with Crippen LogP contribution in [0.3, 0.4) is 0 Å². The number of benzene rings is 1. The third-order valence-corrected chi connectivity index (χ3v) is 4.31. The first-order chi connectivity index (χ1) is 13.7. The molecule has 2 aromatic rings. The molecule has 0 atom stereocenters. The monoisotopic (exact) mass is 420 g/mol. The molecule has 4 N–H and O–H groups in total. The normalized spacial score (nSPS) is 10.5. The summed E-state index contributed by atoms with van der Waals surface area (Å²) in [6, 6.07) is 5.01. The molecule has 10 heteroatoms. The molecule has 29 heavy (non-hydrogen) atoms. The van der Waals surface area contributed by atoms with Crippen LogP contribution in [0.15, 0.2) is 23.6 Å². The lowest BCUT2D eigenvalue weighted by Gasteiger charge is -2.14. The highest BCUT2D eigenvalue weighted by Crippen LogP contribution is 2.26. The van der Waals surface area contributed by atoms with E-state index in [4.69, 9.17) is 9.84 Å². The first kappa shape index (κ1) is 22.2. The molecule has 156 valence electrons. The largest absolute Gasteiger partial charge is 0.491 e. The molecule has 0 radical (unpaired) electrons. The fourth-order valence-electron chi connectivity index (χ4n) is 2.21. The summed E-state index contributed by atoms with van der Waals surface area (Å²) in [4.78, 5) is 38.6. The van der Waals surface area contributed by atoms with Gasteiger partial charge in [-0.3, -0.25) is 14.9 Å². The van der Waals surface area contributed by atoms with Crippen molar-refractivity contribution < 1.29 is 24.2 Å². The minimum Gasteiger partial charge on any atom is -0.491 e. The number of aryl methyl sites for hydroxylation is 1. The number of carbonyl (C=O) groups excluding carboxylic acids is 2. The molecule has 0 aliphatic carbocycles. The molecule has 0 spiro atoms. The number of aromatic nitrogens is 1. The van der Waals surface area contributed by atoms with E-state index in [-0.39, 0.29) is 6.42 Å². The lowest BCUT2D eigenvalue weighted by molar-refractivity contribution is -0.137. The number of anilines is 2. The number of hydrogen-bond acceptors (Lipinski definition) is 6. The predicted octanol–water partition coefficient (Wildman–Crippen LogP) is 2.87. The lowest BCUT2D eigenvalue weighted by atomic mass is 10.2. The number of aliphatic carboxylic acids is 1. The van der Waals surface area contributed by atoms with Crippen LogP contribution in [0.5, 0.6) is 5.75 Å². The van der Waals surface area contributed by atoms with E-state index in [1.54, 1.807) is 11.4 Å². The van der Waals surface area contributed by atoms with Gasteiger partial charge in [-0.15, -0.1) is 11.3 Å². The van der Waals surface area contributed by atoms with Crippen molar-refractivity contribution in [2.24, 2.45) is 5.92 Å². The van der Waals surface area contributed by atoms with Crippen molar-refractivity contribution in [1.82, 2.24) is 10.3 Å². The fourth-order valence-corrected chi connectivity index (χ4v) is 2.91. The number of rotatable bonds is 9. The van der Waals surface area contributed by atoms with Gasteiger partial charge in [0.25, 0.3) is 0 Å². The number of carbonyl (C=O) groups is 3. The van der Waals surface area contributed by atoms with Gasteiger partial charge in [-0.2, -0.15) is 0 Å². The van der Waals surface area contributed by atoms with E-state index in [2.05, 4.69) is 20.9 Å². The van der Waals surface area contributed by atoms with Gasteiger partial charge in [-0.05, 0) is 30.5 Å². The Morgan fingerprint density at radius 3 is 2.69 bits per heavy atom. The zero-order valence-electron chi connectivity index (χ0n) is 16.4. The van der Waals surface area contributed by atoms with Gasteiger partial charge >= 0.3 is 12.0 Å². The maximum atomic E-state index is 12.3. The van der Waals surface area contributed by atoms with E-state index in [1.165, 1.54) is 11.3 Å². The second-order valence-electron chi connectivity index (χ2n) is 6.77. The Labute approximate surface area is 172 Å². The molecule has 0 aliphatic heterocycles. The average molecular weight is 420 g/mol. The quantitative estimate of drug-likeness (QED) is 0.494. The van der Waals surface area contributed by atoms with Crippen LogP contribution in [0, 0.1) is 12.8 Å². The van der Waals surface area contributed by atoms with E-state index in [0.717, 1.165) is 5.56 Å². The van der Waals surface area contributed by atoms with E-state index < -0.39 is 24.5 Å². The first-order valence-electron chi connectivity index (χ1n) is 8.97. The van der Waals surface area contributed by atoms with Gasteiger partial charge in [0.2, 0.25) is 5.91 Å². The molecule has 1 aromatic carbocycles. The molecule has 0 fully saturated rings. The Morgan fingerprint density at radius 1 is 1.24 bits per heavy atom. The van der Waals surface area contributed by atoms with Crippen molar-refractivity contribution in [3.05, 3.63) is 34.8 Å². The van der Waals surface area contributed by atoms with Gasteiger partial charge in [-0.1, -0.05) is 19.9 Å². The average Bonchev–Trinajstić information content (AvgIpc) is 3.06. The van der Waals surface area contributed by atoms with Crippen LogP contribution in [0.1, 0.15) is 25.1 Å². The molecule has 1 aromatic heterocycles. The van der Waals surface area contributed by atoms with Crippen LogP contribution in [0.2, 0.25) is 0 Å². The number of nitrogens with one attached hydrogen (secondary N) is 3.